The van der Waals surface area contributed by atoms with Crippen LogP contribution in [-0.4, -0.2) is 22.1 Å². The van der Waals surface area contributed by atoms with Gasteiger partial charge in [0.15, 0.2) is 0 Å². The van der Waals surface area contributed by atoms with Crippen molar-refractivity contribution in [3.05, 3.63) is 78.0 Å². The fourth-order valence-electron chi connectivity index (χ4n) is 4.62. The SMILES string of the molecule is O=C(O)CC1(c2ccc(-c3ccc(NC(=O)Nc4cccc(C(F)(F)F)c4)nc3)cc2)CCCC1. The second-order valence-electron chi connectivity index (χ2n) is 8.73. The average Bonchev–Trinajstić information content (AvgIpc) is 3.28. The van der Waals surface area contributed by atoms with Crippen molar-refractivity contribution in [1.29, 1.82) is 0 Å². The second-order valence-corrected chi connectivity index (χ2v) is 8.73. The molecular weight excluding hydrogens is 459 g/mol. The summed E-state index contributed by atoms with van der Waals surface area (Å²) in [7, 11) is 0. The Morgan fingerprint density at radius 1 is 0.943 bits per heavy atom. The number of aliphatic carboxylic acids is 1. The van der Waals surface area contributed by atoms with E-state index in [9.17, 15) is 27.9 Å². The first-order valence-electron chi connectivity index (χ1n) is 11.2. The molecule has 6 nitrogen and oxygen atoms in total. The van der Waals surface area contributed by atoms with Gasteiger partial charge in [-0.05, 0) is 54.3 Å². The highest BCUT2D eigenvalue weighted by molar-refractivity contribution is 5.99. The lowest BCUT2D eigenvalue weighted by atomic mass is 9.76. The van der Waals surface area contributed by atoms with Crippen LogP contribution in [0.4, 0.5) is 29.5 Å². The first kappa shape index (κ1) is 24.3. The Kier molecular flexibility index (Phi) is 6.77. The van der Waals surface area contributed by atoms with Crippen LogP contribution in [0.3, 0.4) is 0 Å². The van der Waals surface area contributed by atoms with Crippen molar-refractivity contribution >= 4 is 23.5 Å². The number of hydrogen-bond donors (Lipinski definition) is 3. The van der Waals surface area contributed by atoms with Crippen molar-refractivity contribution in [2.45, 2.75) is 43.7 Å². The molecule has 0 unspecified atom stereocenters. The van der Waals surface area contributed by atoms with Gasteiger partial charge in [-0.2, -0.15) is 13.2 Å². The maximum atomic E-state index is 12.8. The molecule has 3 N–H and O–H groups in total. The second kappa shape index (κ2) is 9.77. The van der Waals surface area contributed by atoms with Crippen LogP contribution in [0.15, 0.2) is 66.9 Å². The Balaban J connectivity index is 1.41. The molecule has 9 heteroatoms. The third kappa shape index (κ3) is 5.79. The van der Waals surface area contributed by atoms with Gasteiger partial charge in [0.2, 0.25) is 0 Å². The van der Waals surface area contributed by atoms with Crippen molar-refractivity contribution in [1.82, 2.24) is 4.98 Å². The molecule has 0 spiro atoms. The molecule has 1 heterocycles. The minimum atomic E-state index is -4.50. The number of benzene rings is 2. The van der Waals surface area contributed by atoms with Gasteiger partial charge in [-0.15, -0.1) is 0 Å². The summed E-state index contributed by atoms with van der Waals surface area (Å²) in [4.78, 5) is 27.8. The normalized spacial score (nSPS) is 14.9. The molecular formula is C26H24F3N3O3. The number of nitrogens with zero attached hydrogens (tertiary/aromatic N) is 1. The number of aromatic nitrogens is 1. The van der Waals surface area contributed by atoms with Gasteiger partial charge in [0.25, 0.3) is 0 Å². The number of anilines is 2. The van der Waals surface area contributed by atoms with E-state index < -0.39 is 23.7 Å². The van der Waals surface area contributed by atoms with Crippen LogP contribution in [0.25, 0.3) is 11.1 Å². The predicted octanol–water partition coefficient (Wildman–Crippen LogP) is 6.70. The smallest absolute Gasteiger partial charge is 0.416 e. The summed E-state index contributed by atoms with van der Waals surface area (Å²) in [6.07, 6.45) is 0.974. The number of alkyl halides is 3. The van der Waals surface area contributed by atoms with E-state index in [0.29, 0.717) is 0 Å². The standard InChI is InChI=1S/C26H24F3N3O3/c27-26(28,29)20-4-3-5-21(14-20)31-24(35)32-22-11-8-18(16-30-22)17-6-9-19(10-7-17)25(15-23(33)34)12-1-2-13-25/h3-11,14,16H,1-2,12-13,15H2,(H,33,34)(H2,30,31,32,35). The molecule has 4 rings (SSSR count). The third-order valence-electron chi connectivity index (χ3n) is 6.33. The zero-order chi connectivity index (χ0) is 25.1. The van der Waals surface area contributed by atoms with Gasteiger partial charge in [0.1, 0.15) is 5.82 Å². The molecule has 1 saturated carbocycles. The summed E-state index contributed by atoms with van der Waals surface area (Å²) in [5.41, 5.74) is 1.56. The highest BCUT2D eigenvalue weighted by Crippen LogP contribution is 2.44. The Labute approximate surface area is 200 Å². The van der Waals surface area contributed by atoms with E-state index in [4.69, 9.17) is 0 Å². The van der Waals surface area contributed by atoms with Crippen LogP contribution in [0.2, 0.25) is 0 Å². The molecule has 182 valence electrons. The van der Waals surface area contributed by atoms with Crippen LogP contribution in [0.1, 0.15) is 43.2 Å². The number of carbonyl (C=O) groups excluding carboxylic acids is 1. The predicted molar refractivity (Wildman–Crippen MR) is 126 cm³/mol. The van der Waals surface area contributed by atoms with E-state index in [2.05, 4.69) is 15.6 Å². The van der Waals surface area contributed by atoms with Crippen LogP contribution in [-0.2, 0) is 16.4 Å². The number of hydrogen-bond acceptors (Lipinski definition) is 3. The minimum absolute atomic E-state index is 0.0111. The summed E-state index contributed by atoms with van der Waals surface area (Å²) >= 11 is 0. The van der Waals surface area contributed by atoms with Crippen molar-refractivity contribution < 1.29 is 27.9 Å². The molecule has 1 fully saturated rings. The largest absolute Gasteiger partial charge is 0.481 e. The van der Waals surface area contributed by atoms with E-state index in [0.717, 1.165) is 54.5 Å². The molecule has 0 radical (unpaired) electrons. The Bertz CT molecular complexity index is 1200. The van der Waals surface area contributed by atoms with Crippen LogP contribution in [0, 0.1) is 0 Å². The Hall–Kier alpha value is -3.88. The Morgan fingerprint density at radius 2 is 1.63 bits per heavy atom. The summed E-state index contributed by atoms with van der Waals surface area (Å²) < 4.78 is 38.5. The van der Waals surface area contributed by atoms with Gasteiger partial charge in [-0.25, -0.2) is 9.78 Å². The van der Waals surface area contributed by atoms with Crippen LogP contribution >= 0.6 is 0 Å². The molecule has 2 amide bonds. The molecule has 0 saturated heterocycles. The van der Waals surface area contributed by atoms with E-state index >= 15 is 0 Å². The molecule has 1 aliphatic carbocycles. The van der Waals surface area contributed by atoms with Crippen LogP contribution < -0.4 is 10.6 Å². The van der Waals surface area contributed by atoms with Crippen molar-refractivity contribution in [2.24, 2.45) is 0 Å². The van der Waals surface area contributed by atoms with E-state index in [-0.39, 0.29) is 23.3 Å². The van der Waals surface area contributed by atoms with Crippen molar-refractivity contribution in [3.8, 4) is 11.1 Å². The lowest BCUT2D eigenvalue weighted by Gasteiger charge is -2.28. The van der Waals surface area contributed by atoms with Gasteiger partial charge in [0, 0.05) is 22.9 Å². The van der Waals surface area contributed by atoms with E-state index in [1.165, 1.54) is 12.1 Å². The van der Waals surface area contributed by atoms with Gasteiger partial charge in [-0.1, -0.05) is 43.2 Å². The number of amides is 2. The zero-order valence-electron chi connectivity index (χ0n) is 18.7. The highest BCUT2D eigenvalue weighted by atomic mass is 19.4. The van der Waals surface area contributed by atoms with Gasteiger partial charge in [-0.3, -0.25) is 10.1 Å². The summed E-state index contributed by atoms with van der Waals surface area (Å²) in [5.74, 6) is -0.554. The quantitative estimate of drug-likeness (QED) is 0.364. The number of rotatable bonds is 6. The fraction of sp³-hybridized carbons (Fsp3) is 0.269. The van der Waals surface area contributed by atoms with Crippen molar-refractivity contribution in [2.75, 3.05) is 10.6 Å². The van der Waals surface area contributed by atoms with E-state index in [1.807, 2.05) is 24.3 Å². The van der Waals surface area contributed by atoms with Gasteiger partial charge >= 0.3 is 18.2 Å². The Morgan fingerprint density at radius 3 is 2.23 bits per heavy atom. The van der Waals surface area contributed by atoms with Crippen LogP contribution in [0.5, 0.6) is 0 Å². The number of carbonyl (C=O) groups is 2. The zero-order valence-corrected chi connectivity index (χ0v) is 18.7. The lowest BCUT2D eigenvalue weighted by Crippen LogP contribution is -2.25. The first-order valence-corrected chi connectivity index (χ1v) is 11.2. The number of pyridine rings is 1. The average molecular weight is 483 g/mol. The van der Waals surface area contributed by atoms with E-state index in [1.54, 1.807) is 18.3 Å². The maximum Gasteiger partial charge on any atom is 0.416 e. The van der Waals surface area contributed by atoms with Crippen molar-refractivity contribution in [3.63, 3.8) is 0 Å². The molecule has 2 aromatic carbocycles. The number of urea groups is 1. The highest BCUT2D eigenvalue weighted by Gasteiger charge is 2.37. The molecule has 35 heavy (non-hydrogen) atoms. The molecule has 1 aromatic heterocycles. The maximum absolute atomic E-state index is 12.8. The number of carboxylic acids is 1. The molecule has 0 aliphatic heterocycles. The fourth-order valence-corrected chi connectivity index (χ4v) is 4.62. The molecule has 0 bridgehead atoms. The lowest BCUT2D eigenvalue weighted by molar-refractivity contribution is -0.139. The monoisotopic (exact) mass is 483 g/mol. The van der Waals surface area contributed by atoms with Gasteiger partial charge in [0.05, 0.1) is 12.0 Å². The summed E-state index contributed by atoms with van der Waals surface area (Å²) in [5, 5.41) is 14.2. The number of halogens is 3. The molecule has 0 atom stereocenters. The third-order valence-corrected chi connectivity index (χ3v) is 6.33. The molecule has 1 aliphatic rings. The molecule has 3 aromatic rings. The summed E-state index contributed by atoms with van der Waals surface area (Å²) in [6, 6.07) is 14.8. The summed E-state index contributed by atoms with van der Waals surface area (Å²) in [6.45, 7) is 0. The topological polar surface area (TPSA) is 91.3 Å². The number of nitrogens with one attached hydrogen (secondary N) is 2. The number of carboxylic acid groups (broad SMARTS) is 1. The first-order chi connectivity index (χ1) is 16.6. The van der Waals surface area contributed by atoms with Gasteiger partial charge < -0.3 is 10.4 Å². The minimum Gasteiger partial charge on any atom is -0.481 e.